The first kappa shape index (κ1) is 21.6. The SMILES string of the molecule is CCCCOC(C)(CC)C(=O)c1ccc(N(CC(=O)O)CC(=O)O)cc1. The Hall–Kier alpha value is -2.41. The summed E-state index contributed by atoms with van der Waals surface area (Å²) < 4.78 is 5.80. The molecule has 7 heteroatoms. The fraction of sp³-hybridized carbons (Fsp3) is 0.526. The number of hydrogen-bond acceptors (Lipinski definition) is 5. The molecule has 7 nitrogen and oxygen atoms in total. The van der Waals surface area contributed by atoms with Crippen molar-refractivity contribution in [3.05, 3.63) is 29.8 Å². The third-order valence-corrected chi connectivity index (χ3v) is 4.22. The van der Waals surface area contributed by atoms with Gasteiger partial charge in [0.1, 0.15) is 18.7 Å². The van der Waals surface area contributed by atoms with Crippen LogP contribution in [-0.2, 0) is 14.3 Å². The maximum Gasteiger partial charge on any atom is 0.323 e. The molecular weight excluding hydrogens is 338 g/mol. The molecule has 0 saturated heterocycles. The van der Waals surface area contributed by atoms with Gasteiger partial charge < -0.3 is 19.8 Å². The Morgan fingerprint density at radius 3 is 2.00 bits per heavy atom. The summed E-state index contributed by atoms with van der Waals surface area (Å²) >= 11 is 0. The smallest absolute Gasteiger partial charge is 0.323 e. The van der Waals surface area contributed by atoms with E-state index in [0.29, 0.717) is 24.3 Å². The number of hydrogen-bond donors (Lipinski definition) is 2. The molecular formula is C19H27NO6. The number of ether oxygens (including phenoxy) is 1. The summed E-state index contributed by atoms with van der Waals surface area (Å²) in [6.45, 7) is 5.33. The van der Waals surface area contributed by atoms with Crippen LogP contribution in [0.2, 0.25) is 0 Å². The van der Waals surface area contributed by atoms with Gasteiger partial charge in [-0.25, -0.2) is 0 Å². The Labute approximate surface area is 153 Å². The van der Waals surface area contributed by atoms with E-state index in [9.17, 15) is 14.4 Å². The van der Waals surface area contributed by atoms with Crippen LogP contribution in [-0.4, -0.2) is 53.2 Å². The van der Waals surface area contributed by atoms with E-state index in [1.165, 1.54) is 4.90 Å². The highest BCUT2D eigenvalue weighted by molar-refractivity contribution is 6.02. The van der Waals surface area contributed by atoms with Crippen molar-refractivity contribution < 1.29 is 29.3 Å². The summed E-state index contributed by atoms with van der Waals surface area (Å²) in [5.41, 5.74) is -0.0463. The van der Waals surface area contributed by atoms with Gasteiger partial charge in [0.2, 0.25) is 0 Å². The summed E-state index contributed by atoms with van der Waals surface area (Å²) in [5, 5.41) is 17.9. The van der Waals surface area contributed by atoms with Crippen molar-refractivity contribution in [3.8, 4) is 0 Å². The number of benzene rings is 1. The molecule has 1 atom stereocenters. The predicted molar refractivity (Wildman–Crippen MR) is 97.8 cm³/mol. The lowest BCUT2D eigenvalue weighted by Gasteiger charge is -2.27. The van der Waals surface area contributed by atoms with E-state index in [1.807, 2.05) is 13.8 Å². The number of ketones is 1. The largest absolute Gasteiger partial charge is 0.480 e. The molecule has 2 N–H and O–H groups in total. The highest BCUT2D eigenvalue weighted by atomic mass is 16.5. The molecule has 0 fully saturated rings. The number of Topliss-reactive ketones (excluding diaryl/α,β-unsaturated/α-hetero) is 1. The zero-order chi connectivity index (χ0) is 19.7. The fourth-order valence-corrected chi connectivity index (χ4v) is 2.46. The monoisotopic (exact) mass is 365 g/mol. The van der Waals surface area contributed by atoms with Gasteiger partial charge in [-0.2, -0.15) is 0 Å². The maximum atomic E-state index is 12.8. The first-order valence-corrected chi connectivity index (χ1v) is 8.70. The van der Waals surface area contributed by atoms with Crippen molar-refractivity contribution in [1.82, 2.24) is 0 Å². The lowest BCUT2D eigenvalue weighted by Crippen LogP contribution is -2.38. The quantitative estimate of drug-likeness (QED) is 0.433. The number of unbranched alkanes of at least 4 members (excludes halogenated alkanes) is 1. The van der Waals surface area contributed by atoms with Crippen LogP contribution in [0.3, 0.4) is 0 Å². The van der Waals surface area contributed by atoms with Crippen LogP contribution in [0, 0.1) is 0 Å². The van der Waals surface area contributed by atoms with Crippen molar-refractivity contribution in [1.29, 1.82) is 0 Å². The van der Waals surface area contributed by atoms with Gasteiger partial charge in [-0.1, -0.05) is 20.3 Å². The molecule has 1 unspecified atom stereocenters. The molecule has 0 aliphatic heterocycles. The Morgan fingerprint density at radius 1 is 1.04 bits per heavy atom. The standard InChI is InChI=1S/C19H27NO6/c1-4-6-11-26-19(3,5-2)18(25)14-7-9-15(10-8-14)20(12-16(21)22)13-17(23)24/h7-10H,4-6,11-13H2,1-3H3,(H,21,22)(H,23,24). The number of carbonyl (C=O) groups excluding carboxylic acids is 1. The molecule has 1 aromatic carbocycles. The number of carboxylic acid groups (broad SMARTS) is 2. The molecule has 1 aromatic rings. The van der Waals surface area contributed by atoms with E-state index in [-0.39, 0.29) is 5.78 Å². The Morgan fingerprint density at radius 2 is 1.58 bits per heavy atom. The van der Waals surface area contributed by atoms with Gasteiger partial charge in [-0.05, 0) is 44.0 Å². The summed E-state index contributed by atoms with van der Waals surface area (Å²) in [4.78, 5) is 35.9. The minimum atomic E-state index is -1.13. The Bertz CT molecular complexity index is 611. The Kier molecular flexibility index (Phi) is 8.25. The first-order chi connectivity index (χ1) is 12.2. The van der Waals surface area contributed by atoms with Crippen LogP contribution in [0.15, 0.2) is 24.3 Å². The van der Waals surface area contributed by atoms with E-state index in [1.54, 1.807) is 31.2 Å². The van der Waals surface area contributed by atoms with Crippen LogP contribution in [0.25, 0.3) is 0 Å². The molecule has 144 valence electrons. The van der Waals surface area contributed by atoms with E-state index in [4.69, 9.17) is 14.9 Å². The van der Waals surface area contributed by atoms with Gasteiger partial charge in [-0.15, -0.1) is 0 Å². The highest BCUT2D eigenvalue weighted by Crippen LogP contribution is 2.24. The van der Waals surface area contributed by atoms with E-state index in [0.717, 1.165) is 12.8 Å². The minimum absolute atomic E-state index is 0.148. The topological polar surface area (TPSA) is 104 Å². The lowest BCUT2D eigenvalue weighted by atomic mass is 9.91. The number of anilines is 1. The molecule has 0 spiro atoms. The van der Waals surface area contributed by atoms with Crippen molar-refractivity contribution in [3.63, 3.8) is 0 Å². The van der Waals surface area contributed by atoms with Gasteiger partial charge in [0.25, 0.3) is 0 Å². The third kappa shape index (κ3) is 6.15. The average molecular weight is 365 g/mol. The van der Waals surface area contributed by atoms with E-state index in [2.05, 4.69) is 0 Å². The number of nitrogens with zero attached hydrogens (tertiary/aromatic N) is 1. The zero-order valence-electron chi connectivity index (χ0n) is 15.5. The van der Waals surface area contributed by atoms with Crippen LogP contribution in [0.1, 0.15) is 50.4 Å². The van der Waals surface area contributed by atoms with Gasteiger partial charge in [-0.3, -0.25) is 14.4 Å². The number of aliphatic carboxylic acids is 2. The zero-order valence-corrected chi connectivity index (χ0v) is 15.5. The molecule has 0 aliphatic carbocycles. The predicted octanol–water partition coefficient (Wildman–Crippen LogP) is 2.83. The summed E-state index contributed by atoms with van der Waals surface area (Å²) in [6, 6.07) is 6.26. The van der Waals surface area contributed by atoms with Crippen LogP contribution < -0.4 is 4.90 Å². The number of rotatable bonds is 12. The van der Waals surface area contributed by atoms with Crippen molar-refractivity contribution in [2.24, 2.45) is 0 Å². The highest BCUT2D eigenvalue weighted by Gasteiger charge is 2.33. The molecule has 26 heavy (non-hydrogen) atoms. The molecule has 0 saturated carbocycles. The molecule has 0 aromatic heterocycles. The molecule has 0 amide bonds. The Balaban J connectivity index is 2.97. The molecule has 0 heterocycles. The van der Waals surface area contributed by atoms with Crippen molar-refractivity contribution in [2.75, 3.05) is 24.6 Å². The second-order valence-corrected chi connectivity index (χ2v) is 6.31. The van der Waals surface area contributed by atoms with Gasteiger partial charge >= 0.3 is 11.9 Å². The second kappa shape index (κ2) is 9.91. The van der Waals surface area contributed by atoms with Gasteiger partial charge in [0, 0.05) is 17.9 Å². The summed E-state index contributed by atoms with van der Waals surface area (Å²) in [6.07, 6.45) is 2.38. The van der Waals surface area contributed by atoms with E-state index < -0.39 is 30.6 Å². The fourth-order valence-electron chi connectivity index (χ4n) is 2.46. The molecule has 0 bridgehead atoms. The van der Waals surface area contributed by atoms with Gasteiger partial charge in [0.05, 0.1) is 0 Å². The number of carbonyl (C=O) groups is 3. The number of carboxylic acids is 2. The molecule has 1 rings (SSSR count). The third-order valence-electron chi connectivity index (χ3n) is 4.22. The average Bonchev–Trinajstić information content (AvgIpc) is 2.60. The maximum absolute atomic E-state index is 12.8. The van der Waals surface area contributed by atoms with Crippen LogP contribution >= 0.6 is 0 Å². The summed E-state index contributed by atoms with van der Waals surface area (Å²) in [5.74, 6) is -2.41. The minimum Gasteiger partial charge on any atom is -0.480 e. The normalized spacial score (nSPS) is 13.0. The van der Waals surface area contributed by atoms with Crippen molar-refractivity contribution >= 4 is 23.4 Å². The van der Waals surface area contributed by atoms with Crippen LogP contribution in [0.4, 0.5) is 5.69 Å². The van der Waals surface area contributed by atoms with Gasteiger partial charge in [0.15, 0.2) is 5.78 Å². The lowest BCUT2D eigenvalue weighted by molar-refractivity contribution is -0.136. The second-order valence-electron chi connectivity index (χ2n) is 6.31. The van der Waals surface area contributed by atoms with Crippen molar-refractivity contribution in [2.45, 2.75) is 45.6 Å². The van der Waals surface area contributed by atoms with E-state index >= 15 is 0 Å². The van der Waals surface area contributed by atoms with Crippen LogP contribution in [0.5, 0.6) is 0 Å². The summed E-state index contributed by atoms with van der Waals surface area (Å²) in [7, 11) is 0. The molecule has 0 radical (unpaired) electrons. The molecule has 0 aliphatic rings. The first-order valence-electron chi connectivity index (χ1n) is 8.70.